The van der Waals surface area contributed by atoms with Gasteiger partial charge in [0.15, 0.2) is 0 Å². The Bertz CT molecular complexity index is 1220. The Morgan fingerprint density at radius 1 is 0.848 bits per heavy atom. The molecular weight excluding hydrogens is 428 g/mol. The summed E-state index contributed by atoms with van der Waals surface area (Å²) >= 11 is 5.97. The van der Waals surface area contributed by atoms with E-state index in [9.17, 15) is 4.79 Å². The summed E-state index contributed by atoms with van der Waals surface area (Å²) in [5, 5.41) is 0.509. The van der Waals surface area contributed by atoms with E-state index in [1.165, 1.54) is 35.1 Å². The van der Waals surface area contributed by atoms with Gasteiger partial charge in [0.25, 0.3) is 0 Å². The summed E-state index contributed by atoms with van der Waals surface area (Å²) in [6.07, 6.45) is 4.59. The molecule has 0 atom stereocenters. The number of rotatable bonds is 4. The van der Waals surface area contributed by atoms with Gasteiger partial charge in [-0.05, 0) is 88.8 Å². The highest BCUT2D eigenvalue weighted by molar-refractivity contribution is 6.30. The summed E-state index contributed by atoms with van der Waals surface area (Å²) in [4.78, 5) is 12.3. The summed E-state index contributed by atoms with van der Waals surface area (Å²) in [5.41, 5.74) is 7.30. The molecule has 0 heterocycles. The molecule has 1 aliphatic rings. The number of halogens is 1. The summed E-state index contributed by atoms with van der Waals surface area (Å²) in [7, 11) is 0. The first-order valence-corrected chi connectivity index (χ1v) is 11.8. The second-order valence-corrected chi connectivity index (χ2v) is 10.8. The summed E-state index contributed by atoms with van der Waals surface area (Å²) in [5.74, 6) is 0.0871. The molecule has 3 aromatic rings. The monoisotopic (exact) mass is 458 g/mol. The largest absolute Gasteiger partial charge is 0.423 e. The molecule has 1 aliphatic carbocycles. The molecule has 0 spiro atoms. The maximum atomic E-state index is 12.3. The minimum atomic E-state index is -0.420. The van der Waals surface area contributed by atoms with Gasteiger partial charge in [-0.25, -0.2) is 4.79 Å². The molecule has 0 N–H and O–H groups in total. The van der Waals surface area contributed by atoms with Crippen molar-refractivity contribution in [2.24, 2.45) is 0 Å². The zero-order valence-corrected chi connectivity index (χ0v) is 20.8. The van der Waals surface area contributed by atoms with Crippen molar-refractivity contribution in [3.8, 4) is 5.75 Å². The van der Waals surface area contributed by atoms with Gasteiger partial charge < -0.3 is 4.74 Å². The van der Waals surface area contributed by atoms with E-state index in [0.717, 1.165) is 5.56 Å². The van der Waals surface area contributed by atoms with Crippen LogP contribution < -0.4 is 4.74 Å². The van der Waals surface area contributed by atoms with Crippen molar-refractivity contribution in [1.82, 2.24) is 0 Å². The molecule has 0 aliphatic heterocycles. The number of carbonyl (C=O) groups is 1. The maximum Gasteiger partial charge on any atom is 0.343 e. The fourth-order valence-electron chi connectivity index (χ4n) is 4.58. The lowest BCUT2D eigenvalue weighted by atomic mass is 9.63. The molecule has 0 unspecified atom stereocenters. The Labute approximate surface area is 202 Å². The van der Waals surface area contributed by atoms with Crippen LogP contribution in [0.1, 0.15) is 80.1 Å². The minimum absolute atomic E-state index is 0.190. The van der Waals surface area contributed by atoms with E-state index in [4.69, 9.17) is 16.3 Å². The number of ether oxygens (including phenoxy) is 1. The normalized spacial score (nSPS) is 16.7. The second-order valence-electron chi connectivity index (χ2n) is 10.3. The van der Waals surface area contributed by atoms with E-state index in [1.807, 2.05) is 24.3 Å². The van der Waals surface area contributed by atoms with Crippen LogP contribution >= 0.6 is 11.6 Å². The molecule has 33 heavy (non-hydrogen) atoms. The van der Waals surface area contributed by atoms with Crippen LogP contribution in [-0.4, -0.2) is 5.97 Å². The molecule has 0 aromatic heterocycles. The third-order valence-corrected chi connectivity index (χ3v) is 7.08. The zero-order chi connectivity index (χ0) is 23.8. The van der Waals surface area contributed by atoms with Crippen molar-refractivity contribution in [3.63, 3.8) is 0 Å². The SMILES string of the molecule is C/C(=C\c1ccc(OC(=O)c2cccc(Cl)c2)cc1)c1ccc2c(c1)C(C)(C)CCC2(C)C. The molecule has 0 fully saturated rings. The molecule has 170 valence electrons. The van der Waals surface area contributed by atoms with E-state index in [-0.39, 0.29) is 10.8 Å². The highest BCUT2D eigenvalue weighted by atomic mass is 35.5. The van der Waals surface area contributed by atoms with Crippen LogP contribution in [0.3, 0.4) is 0 Å². The third kappa shape index (κ3) is 5.07. The van der Waals surface area contributed by atoms with Crippen LogP contribution in [0.15, 0.2) is 66.7 Å². The quantitative estimate of drug-likeness (QED) is 0.222. The zero-order valence-electron chi connectivity index (χ0n) is 20.0. The first kappa shape index (κ1) is 23.3. The van der Waals surface area contributed by atoms with Crippen LogP contribution in [0.5, 0.6) is 5.75 Å². The lowest BCUT2D eigenvalue weighted by Gasteiger charge is -2.42. The summed E-state index contributed by atoms with van der Waals surface area (Å²) in [6, 6.07) is 21.3. The lowest BCUT2D eigenvalue weighted by Crippen LogP contribution is -2.33. The molecule has 0 radical (unpaired) electrons. The number of fused-ring (bicyclic) bond motifs is 1. The molecule has 0 saturated heterocycles. The standard InChI is InChI=1S/C30H31ClO2/c1-20(22-11-14-26-27(19-22)30(4,5)16-15-29(26,2)3)17-21-9-12-25(13-10-21)33-28(32)23-7-6-8-24(31)18-23/h6-14,17-19H,15-16H2,1-5H3/b20-17+. The average Bonchev–Trinajstić information content (AvgIpc) is 2.78. The van der Waals surface area contributed by atoms with Gasteiger partial charge in [-0.1, -0.05) is 81.8 Å². The fourth-order valence-corrected chi connectivity index (χ4v) is 4.77. The lowest BCUT2D eigenvalue weighted by molar-refractivity contribution is 0.0734. The van der Waals surface area contributed by atoms with E-state index in [2.05, 4.69) is 58.9 Å². The molecule has 2 nitrogen and oxygen atoms in total. The molecule has 0 saturated carbocycles. The molecule has 0 amide bonds. The van der Waals surface area contributed by atoms with Gasteiger partial charge in [0.05, 0.1) is 5.56 Å². The molecule has 0 bridgehead atoms. The van der Waals surface area contributed by atoms with Crippen LogP contribution in [0.2, 0.25) is 5.02 Å². The number of hydrogen-bond acceptors (Lipinski definition) is 2. The van der Waals surface area contributed by atoms with Crippen molar-refractivity contribution in [3.05, 3.63) is 99.6 Å². The predicted molar refractivity (Wildman–Crippen MR) is 138 cm³/mol. The van der Waals surface area contributed by atoms with Gasteiger partial charge in [0.2, 0.25) is 0 Å². The third-order valence-electron chi connectivity index (χ3n) is 6.84. The van der Waals surface area contributed by atoms with E-state index in [1.54, 1.807) is 24.3 Å². The van der Waals surface area contributed by atoms with Crippen molar-refractivity contribution in [1.29, 1.82) is 0 Å². The second kappa shape index (κ2) is 8.83. The molecule has 3 aromatic carbocycles. The van der Waals surface area contributed by atoms with E-state index < -0.39 is 5.97 Å². The number of allylic oxidation sites excluding steroid dienone is 1. The summed E-state index contributed by atoms with van der Waals surface area (Å²) < 4.78 is 5.49. The number of esters is 1. The van der Waals surface area contributed by atoms with Crippen molar-refractivity contribution in [2.45, 2.75) is 58.3 Å². The van der Waals surface area contributed by atoms with E-state index >= 15 is 0 Å². The maximum absolute atomic E-state index is 12.3. The highest BCUT2D eigenvalue weighted by Crippen LogP contribution is 2.46. The topological polar surface area (TPSA) is 26.3 Å². The van der Waals surface area contributed by atoms with Crippen molar-refractivity contribution in [2.75, 3.05) is 0 Å². The number of benzene rings is 3. The van der Waals surface area contributed by atoms with Gasteiger partial charge in [0, 0.05) is 5.02 Å². The highest BCUT2D eigenvalue weighted by Gasteiger charge is 2.36. The Morgan fingerprint density at radius 2 is 1.52 bits per heavy atom. The molecule has 4 rings (SSSR count). The Balaban J connectivity index is 1.53. The first-order valence-electron chi connectivity index (χ1n) is 11.5. The number of hydrogen-bond donors (Lipinski definition) is 0. The van der Waals surface area contributed by atoms with Crippen LogP contribution in [-0.2, 0) is 10.8 Å². The Hall–Kier alpha value is -2.84. The molecule has 3 heteroatoms. The predicted octanol–water partition coefficient (Wildman–Crippen LogP) is 8.47. The average molecular weight is 459 g/mol. The first-order chi connectivity index (χ1) is 15.5. The van der Waals surface area contributed by atoms with Gasteiger partial charge in [-0.2, -0.15) is 0 Å². The van der Waals surface area contributed by atoms with Gasteiger partial charge >= 0.3 is 5.97 Å². The van der Waals surface area contributed by atoms with Gasteiger partial charge in [0.1, 0.15) is 5.75 Å². The van der Waals surface area contributed by atoms with Gasteiger partial charge in [-0.15, -0.1) is 0 Å². The summed E-state index contributed by atoms with van der Waals surface area (Å²) in [6.45, 7) is 11.6. The van der Waals surface area contributed by atoms with Crippen molar-refractivity contribution < 1.29 is 9.53 Å². The van der Waals surface area contributed by atoms with Crippen LogP contribution in [0, 0.1) is 0 Å². The Kier molecular flexibility index (Phi) is 6.24. The van der Waals surface area contributed by atoms with Crippen molar-refractivity contribution >= 4 is 29.2 Å². The van der Waals surface area contributed by atoms with Gasteiger partial charge in [-0.3, -0.25) is 0 Å². The Morgan fingerprint density at radius 3 is 2.18 bits per heavy atom. The molecular formula is C30H31ClO2. The minimum Gasteiger partial charge on any atom is -0.423 e. The smallest absolute Gasteiger partial charge is 0.343 e. The van der Waals surface area contributed by atoms with E-state index in [0.29, 0.717) is 16.3 Å². The number of carbonyl (C=O) groups excluding carboxylic acids is 1. The van der Waals surface area contributed by atoms with Crippen LogP contribution in [0.25, 0.3) is 11.6 Å². The van der Waals surface area contributed by atoms with Crippen LogP contribution in [0.4, 0.5) is 0 Å². The fraction of sp³-hybridized carbons (Fsp3) is 0.300.